The molecule has 1 fully saturated rings. The molecule has 2 aliphatic heterocycles. The second kappa shape index (κ2) is 29.6. The number of ether oxygens (including phenoxy) is 8. The molecule has 0 spiro atoms. The largest absolute Gasteiger partial charge is 0.494 e. The minimum atomic E-state index is -0.702. The molecule has 6 aromatic carbocycles. The second-order valence-corrected chi connectivity index (χ2v) is 22.2. The molecule has 3 heterocycles. The first-order chi connectivity index (χ1) is 40.5. The highest BCUT2D eigenvalue weighted by Crippen LogP contribution is 2.39. The molecule has 2 aliphatic rings. The van der Waals surface area contributed by atoms with E-state index in [-0.39, 0.29) is 65.1 Å². The van der Waals surface area contributed by atoms with E-state index in [1.54, 1.807) is 96.8 Å². The van der Waals surface area contributed by atoms with E-state index in [0.29, 0.717) is 59.6 Å². The zero-order valence-electron chi connectivity index (χ0n) is 46.8. The summed E-state index contributed by atoms with van der Waals surface area (Å²) in [4.78, 5) is 57.1. The minimum absolute atomic E-state index is 0.0384. The number of amides is 2. The summed E-state index contributed by atoms with van der Waals surface area (Å²) in [6, 6.07) is 33.1. The average Bonchev–Trinajstić information content (AvgIpc) is 4.18. The number of anilines is 1. The summed E-state index contributed by atoms with van der Waals surface area (Å²) in [5.74, 6) is -0.256. The summed E-state index contributed by atoms with van der Waals surface area (Å²) < 4.78 is 63.7. The van der Waals surface area contributed by atoms with Crippen molar-refractivity contribution < 1.29 is 61.5 Å². The van der Waals surface area contributed by atoms with Gasteiger partial charge in [0.2, 0.25) is 5.13 Å². The Morgan fingerprint density at radius 1 is 0.759 bits per heavy atom. The molecule has 1 aromatic heterocycles. The third-order valence-corrected chi connectivity index (χ3v) is 16.1. The molecule has 0 radical (unpaired) electrons. The predicted octanol–water partition coefficient (Wildman–Crippen LogP) is 12.5. The summed E-state index contributed by atoms with van der Waals surface area (Å²) in [7, 11) is 1.59. The molecule has 434 valence electrons. The summed E-state index contributed by atoms with van der Waals surface area (Å²) in [5.41, 5.74) is 4.35. The highest BCUT2D eigenvalue weighted by molar-refractivity contribution is 7.98. The number of hydrazone groups is 1. The average molecular weight is 1170 g/mol. The molecule has 2 amide bonds. The number of unbranched alkanes of at least 4 members (excludes halogenated alkanes) is 3. The normalized spacial score (nSPS) is 13.8. The lowest BCUT2D eigenvalue weighted by molar-refractivity contribution is -0.150. The van der Waals surface area contributed by atoms with Gasteiger partial charge >= 0.3 is 11.9 Å². The lowest BCUT2D eigenvalue weighted by atomic mass is 9.84. The first-order valence-electron chi connectivity index (χ1n) is 27.8. The van der Waals surface area contributed by atoms with Gasteiger partial charge in [0.25, 0.3) is 11.8 Å². The highest BCUT2D eigenvalue weighted by atomic mass is 32.2. The van der Waals surface area contributed by atoms with Crippen LogP contribution in [-0.4, -0.2) is 119 Å². The molecule has 9 rings (SSSR count). The van der Waals surface area contributed by atoms with Crippen LogP contribution in [0.3, 0.4) is 0 Å². The number of carbonyl (C=O) groups excluding carboxylic acids is 4. The van der Waals surface area contributed by atoms with Crippen molar-refractivity contribution >= 4 is 79.2 Å². The van der Waals surface area contributed by atoms with Crippen LogP contribution in [0.4, 0.5) is 9.52 Å². The molecule has 7 aromatic rings. The van der Waals surface area contributed by atoms with E-state index in [1.807, 2.05) is 42.5 Å². The van der Waals surface area contributed by atoms with Crippen LogP contribution in [0.1, 0.15) is 84.2 Å². The SMILES string of the molecule is CCSCc1c(-c2ccc(OC(=O)c3ccc(OCCCN4C(=O)C=CC4=O)cc3)c(/C=N/N(COCCOC)c3nc4ccccc4s3)c2)ccc2c(F)c(OC(=O)c3ccc(OCCCCCCOCC4(CC)COC4)cc3)ccc12. The topological polar surface area (TPSA) is 174 Å². The van der Waals surface area contributed by atoms with Crippen LogP contribution in [-0.2, 0) is 34.3 Å². The van der Waals surface area contributed by atoms with Crippen LogP contribution in [0, 0.1) is 11.2 Å². The standard InChI is InChI=1S/C64H67FN4O12S2/c1-4-64(41-77-42-64)40-75-32-10-6-7-11-33-78-48-20-17-45(18-21-48)62(73)81-56-28-26-51-52(60(56)65)25-24-50(53(51)39-82-5-2)46-19-27-55(80-61(72)44-15-22-49(23-16-44)79-34-12-31-68-58(70)29-30-59(68)71)47(37-46)38-66-69(43-76-36-35-74-3)63-67-54-13-8-9-14-57(54)83-63/h8-9,13-30,37-38H,4-7,10-12,31-36,39-43H2,1-3H3/b66-38+. The Balaban J connectivity index is 0.906. The molecule has 19 heteroatoms. The lowest BCUT2D eigenvalue weighted by Crippen LogP contribution is -2.45. The van der Waals surface area contributed by atoms with Gasteiger partial charge in [-0.1, -0.05) is 68.0 Å². The number of thioether (sulfide) groups is 1. The Bertz CT molecular complexity index is 3370. The van der Waals surface area contributed by atoms with E-state index in [2.05, 4.69) is 13.8 Å². The number of halogens is 1. The Morgan fingerprint density at radius 3 is 2.08 bits per heavy atom. The first kappa shape index (κ1) is 60.1. The van der Waals surface area contributed by atoms with Gasteiger partial charge in [-0.25, -0.2) is 24.0 Å². The molecule has 0 aliphatic carbocycles. The number of thiazole rings is 1. The van der Waals surface area contributed by atoms with E-state index in [1.165, 1.54) is 29.6 Å². The third kappa shape index (κ3) is 15.8. The van der Waals surface area contributed by atoms with Crippen molar-refractivity contribution in [1.29, 1.82) is 0 Å². The van der Waals surface area contributed by atoms with E-state index in [4.69, 9.17) is 48.0 Å². The Labute approximate surface area is 490 Å². The van der Waals surface area contributed by atoms with Crippen LogP contribution >= 0.6 is 23.1 Å². The molecule has 0 atom stereocenters. The molecule has 16 nitrogen and oxygen atoms in total. The quantitative estimate of drug-likeness (QED) is 0.00740. The van der Waals surface area contributed by atoms with Crippen molar-refractivity contribution in [2.75, 3.05) is 84.0 Å². The number of nitrogens with zero attached hydrogens (tertiary/aromatic N) is 4. The Morgan fingerprint density at radius 2 is 1.42 bits per heavy atom. The van der Waals surface area contributed by atoms with Crippen LogP contribution < -0.4 is 24.0 Å². The van der Waals surface area contributed by atoms with Gasteiger partial charge in [-0.05, 0) is 139 Å². The predicted molar refractivity (Wildman–Crippen MR) is 321 cm³/mol. The fourth-order valence-electron chi connectivity index (χ4n) is 9.24. The first-order valence-corrected chi connectivity index (χ1v) is 29.8. The molecular formula is C64H67FN4O12S2. The maximum absolute atomic E-state index is 16.6. The van der Waals surface area contributed by atoms with Crippen LogP contribution in [0.15, 0.2) is 133 Å². The molecule has 83 heavy (non-hydrogen) atoms. The highest BCUT2D eigenvalue weighted by Gasteiger charge is 2.37. The molecule has 0 N–H and O–H groups in total. The van der Waals surface area contributed by atoms with Crippen molar-refractivity contribution in [3.8, 4) is 34.1 Å². The maximum Gasteiger partial charge on any atom is 0.343 e. The van der Waals surface area contributed by atoms with Crippen molar-refractivity contribution in [2.24, 2.45) is 10.5 Å². The van der Waals surface area contributed by atoms with E-state index >= 15 is 4.39 Å². The number of benzene rings is 6. The van der Waals surface area contributed by atoms with Crippen molar-refractivity contribution in [2.45, 2.75) is 58.1 Å². The number of hydrogen-bond acceptors (Lipinski definition) is 17. The van der Waals surface area contributed by atoms with Gasteiger partial charge in [0.05, 0.1) is 73.8 Å². The number of hydrogen-bond donors (Lipinski definition) is 0. The summed E-state index contributed by atoms with van der Waals surface area (Å²) in [6.07, 6.45) is 9.54. The van der Waals surface area contributed by atoms with Gasteiger partial charge in [0, 0.05) is 54.5 Å². The van der Waals surface area contributed by atoms with Gasteiger partial charge in [-0.2, -0.15) is 16.9 Å². The number of fused-ring (bicyclic) bond motifs is 2. The zero-order chi connectivity index (χ0) is 58.0. The number of carbonyl (C=O) groups is 4. The summed E-state index contributed by atoms with van der Waals surface area (Å²) in [5, 5.41) is 8.00. The number of aromatic nitrogens is 1. The van der Waals surface area contributed by atoms with Gasteiger partial charge in [0.15, 0.2) is 11.6 Å². The summed E-state index contributed by atoms with van der Waals surface area (Å²) in [6.45, 7) is 9.04. The smallest absolute Gasteiger partial charge is 0.343 e. The number of imide groups is 1. The fourth-order valence-corrected chi connectivity index (χ4v) is 10.9. The van der Waals surface area contributed by atoms with Crippen LogP contribution in [0.25, 0.3) is 32.1 Å². The van der Waals surface area contributed by atoms with Crippen molar-refractivity contribution in [1.82, 2.24) is 9.88 Å². The summed E-state index contributed by atoms with van der Waals surface area (Å²) >= 11 is 3.12. The van der Waals surface area contributed by atoms with Gasteiger partial charge in [0.1, 0.15) is 24.0 Å². The van der Waals surface area contributed by atoms with Crippen LogP contribution in [0.2, 0.25) is 0 Å². The molecular weight excluding hydrogens is 1100 g/mol. The molecule has 0 bridgehead atoms. The Hall–Kier alpha value is -7.52. The van der Waals surface area contributed by atoms with Gasteiger partial charge < -0.3 is 37.9 Å². The van der Waals surface area contributed by atoms with E-state index in [9.17, 15) is 19.2 Å². The number of rotatable bonds is 32. The fraction of sp³-hybridized carbons (Fsp3) is 0.344. The molecule has 0 unspecified atom stereocenters. The number of para-hydroxylation sites is 1. The van der Waals surface area contributed by atoms with Crippen LogP contribution in [0.5, 0.6) is 23.0 Å². The van der Waals surface area contributed by atoms with E-state index in [0.717, 1.165) is 96.1 Å². The maximum atomic E-state index is 16.6. The van der Waals surface area contributed by atoms with Gasteiger partial charge in [-0.15, -0.1) is 0 Å². The van der Waals surface area contributed by atoms with Crippen molar-refractivity contribution in [3.63, 3.8) is 0 Å². The Kier molecular flexibility index (Phi) is 21.5. The lowest BCUT2D eigenvalue weighted by Gasteiger charge is -2.40. The van der Waals surface area contributed by atoms with E-state index < -0.39 is 17.8 Å². The number of esters is 2. The van der Waals surface area contributed by atoms with Gasteiger partial charge in [-0.3, -0.25) is 14.5 Å². The zero-order valence-corrected chi connectivity index (χ0v) is 48.4. The molecule has 1 saturated heterocycles. The van der Waals surface area contributed by atoms with Crippen molar-refractivity contribution in [3.05, 3.63) is 155 Å². The molecule has 0 saturated carbocycles. The monoisotopic (exact) mass is 1170 g/mol. The number of methoxy groups -OCH3 is 1. The minimum Gasteiger partial charge on any atom is -0.494 e. The second-order valence-electron chi connectivity index (χ2n) is 19.9. The third-order valence-electron chi connectivity index (χ3n) is 14.2.